The van der Waals surface area contributed by atoms with Crippen molar-refractivity contribution in [3.63, 3.8) is 0 Å². The molecule has 0 amide bonds. The predicted molar refractivity (Wildman–Crippen MR) is 77.5 cm³/mol. The van der Waals surface area contributed by atoms with Crippen molar-refractivity contribution in [3.05, 3.63) is 18.1 Å². The first-order valence-corrected chi connectivity index (χ1v) is 6.70. The van der Waals surface area contributed by atoms with E-state index in [0.29, 0.717) is 17.3 Å². The summed E-state index contributed by atoms with van der Waals surface area (Å²) in [6.07, 6.45) is -3.66. The van der Waals surface area contributed by atoms with Crippen molar-refractivity contribution in [2.75, 3.05) is 11.9 Å². The van der Waals surface area contributed by atoms with Crippen molar-refractivity contribution in [2.24, 2.45) is 16.5 Å². The van der Waals surface area contributed by atoms with Gasteiger partial charge in [-0.25, -0.2) is 9.98 Å². The number of aliphatic imine (C=N–C) groups is 1. The summed E-state index contributed by atoms with van der Waals surface area (Å²) in [5.74, 6) is 0.876. The Morgan fingerprint density at radius 3 is 2.73 bits per heavy atom. The van der Waals surface area contributed by atoms with Gasteiger partial charge in [-0.2, -0.15) is 0 Å². The fourth-order valence-electron chi connectivity index (χ4n) is 2.66. The maximum atomic E-state index is 10.2. The highest BCUT2D eigenvalue weighted by molar-refractivity contribution is 5.94. The van der Waals surface area contributed by atoms with Crippen LogP contribution in [-0.2, 0) is 4.74 Å². The second kappa shape index (κ2) is 5.34. The summed E-state index contributed by atoms with van der Waals surface area (Å²) in [7, 11) is 0. The van der Waals surface area contributed by atoms with Gasteiger partial charge in [-0.15, -0.1) is 0 Å². The van der Waals surface area contributed by atoms with Crippen LogP contribution in [0.15, 0.2) is 11.6 Å². The van der Waals surface area contributed by atoms with Crippen molar-refractivity contribution in [3.8, 4) is 0 Å². The number of aliphatic hydroxyl groups is 3. The van der Waals surface area contributed by atoms with Gasteiger partial charge >= 0.3 is 0 Å². The number of hydrogen-bond donors (Lipinski definition) is 6. The quantitative estimate of drug-likeness (QED) is 0.367. The highest BCUT2D eigenvalue weighted by Crippen LogP contribution is 2.37. The maximum Gasteiger partial charge on any atom is 0.196 e. The smallest absolute Gasteiger partial charge is 0.196 e. The average molecular weight is 310 g/mol. The lowest BCUT2D eigenvalue weighted by molar-refractivity contribution is -0.0521. The van der Waals surface area contributed by atoms with Gasteiger partial charge in [0.15, 0.2) is 12.2 Å². The van der Waals surface area contributed by atoms with Crippen molar-refractivity contribution in [1.82, 2.24) is 9.55 Å². The van der Waals surface area contributed by atoms with Gasteiger partial charge in [-0.05, 0) is 6.08 Å². The number of imidazole rings is 1. The maximum absolute atomic E-state index is 10.2. The van der Waals surface area contributed by atoms with E-state index in [1.807, 2.05) is 0 Å². The molecule has 0 saturated carbocycles. The summed E-state index contributed by atoms with van der Waals surface area (Å²) in [5.41, 5.74) is 12.0. The number of fused-ring (bicyclic) bond motifs is 1. The number of hydrogen-bond acceptors (Lipinski definition) is 9. The molecule has 3 heterocycles. The molecule has 0 aliphatic carbocycles. The van der Waals surface area contributed by atoms with Crippen molar-refractivity contribution < 1.29 is 20.1 Å². The fourth-order valence-corrected chi connectivity index (χ4v) is 2.66. The molecule has 0 aromatic carbocycles. The standard InChI is InChI=1S/C12H18N6O4/c1-2-5-15-6-9(13)16-12(14)17-10(6)18(5)11-8(21)7(20)4(3-19)22-11/h2,4,7-9,11,19-21H,1,3,13H2,(H3,14,16,17)/t4-,7?,8?,9?,11-/m1/s1. The number of ether oxygens (including phenoxy) is 1. The van der Waals surface area contributed by atoms with Crippen LogP contribution in [0.5, 0.6) is 0 Å². The summed E-state index contributed by atoms with van der Waals surface area (Å²) in [5, 5.41) is 32.1. The van der Waals surface area contributed by atoms with E-state index >= 15 is 0 Å². The summed E-state index contributed by atoms with van der Waals surface area (Å²) < 4.78 is 7.02. The molecule has 2 aliphatic rings. The van der Waals surface area contributed by atoms with Gasteiger partial charge < -0.3 is 36.8 Å². The number of rotatable bonds is 3. The Morgan fingerprint density at radius 2 is 2.14 bits per heavy atom. The molecular formula is C12H18N6O4. The van der Waals surface area contributed by atoms with E-state index in [1.54, 1.807) is 0 Å². The SMILES string of the molecule is C=Cc1nc2c(n1[C@@H]1O[C@H](CO)C(O)C1O)NC(N)=NC2N. The van der Waals surface area contributed by atoms with E-state index in [9.17, 15) is 15.3 Å². The van der Waals surface area contributed by atoms with E-state index in [0.717, 1.165) is 0 Å². The second-order valence-electron chi connectivity index (χ2n) is 5.09. The van der Waals surface area contributed by atoms with E-state index in [-0.39, 0.29) is 5.96 Å². The summed E-state index contributed by atoms with van der Waals surface area (Å²) >= 11 is 0. The van der Waals surface area contributed by atoms with Crippen LogP contribution in [0.3, 0.4) is 0 Å². The van der Waals surface area contributed by atoms with Crippen LogP contribution >= 0.6 is 0 Å². The lowest BCUT2D eigenvalue weighted by Gasteiger charge is -2.23. The zero-order valence-corrected chi connectivity index (χ0v) is 11.6. The Bertz CT molecular complexity index is 629. The molecule has 5 atom stereocenters. The van der Waals surface area contributed by atoms with E-state index in [1.165, 1.54) is 10.6 Å². The van der Waals surface area contributed by atoms with Crippen LogP contribution in [0.25, 0.3) is 6.08 Å². The molecule has 1 saturated heterocycles. The highest BCUT2D eigenvalue weighted by Gasteiger charge is 2.45. The number of anilines is 1. The van der Waals surface area contributed by atoms with Crippen molar-refractivity contribution >= 4 is 17.9 Å². The zero-order chi connectivity index (χ0) is 16.0. The van der Waals surface area contributed by atoms with E-state index < -0.39 is 37.3 Å². The largest absolute Gasteiger partial charge is 0.394 e. The summed E-state index contributed by atoms with van der Waals surface area (Å²) in [4.78, 5) is 8.26. The molecule has 3 unspecified atom stereocenters. The van der Waals surface area contributed by atoms with Gasteiger partial charge in [0, 0.05) is 0 Å². The Labute approximate surface area is 125 Å². The topological polar surface area (TPSA) is 164 Å². The molecule has 0 radical (unpaired) electrons. The number of guanidine groups is 1. The van der Waals surface area contributed by atoms with Gasteiger partial charge in [0.25, 0.3) is 0 Å². The van der Waals surface area contributed by atoms with E-state index in [4.69, 9.17) is 16.2 Å². The fraction of sp³-hybridized carbons (Fsp3) is 0.500. The van der Waals surface area contributed by atoms with Gasteiger partial charge in [0.1, 0.15) is 41.8 Å². The molecule has 3 rings (SSSR count). The molecule has 1 aromatic heterocycles. The molecular weight excluding hydrogens is 292 g/mol. The molecule has 2 aliphatic heterocycles. The molecule has 1 fully saturated rings. The van der Waals surface area contributed by atoms with Gasteiger partial charge in [0.05, 0.1) is 6.61 Å². The molecule has 22 heavy (non-hydrogen) atoms. The van der Waals surface area contributed by atoms with Gasteiger partial charge in [-0.1, -0.05) is 6.58 Å². The third kappa shape index (κ3) is 2.09. The Kier molecular flexibility index (Phi) is 3.62. The monoisotopic (exact) mass is 310 g/mol. The van der Waals surface area contributed by atoms with Crippen LogP contribution in [0, 0.1) is 0 Å². The minimum absolute atomic E-state index is 0.100. The lowest BCUT2D eigenvalue weighted by Crippen LogP contribution is -2.35. The molecule has 10 nitrogen and oxygen atoms in total. The van der Waals surface area contributed by atoms with Crippen LogP contribution in [-0.4, -0.2) is 55.7 Å². The first-order chi connectivity index (χ1) is 10.5. The number of aromatic nitrogens is 2. The first-order valence-electron chi connectivity index (χ1n) is 6.70. The summed E-state index contributed by atoms with van der Waals surface area (Å²) in [6, 6.07) is 0. The van der Waals surface area contributed by atoms with Crippen LogP contribution in [0.2, 0.25) is 0 Å². The Morgan fingerprint density at radius 1 is 1.41 bits per heavy atom. The van der Waals surface area contributed by atoms with Crippen molar-refractivity contribution in [1.29, 1.82) is 0 Å². The predicted octanol–water partition coefficient (Wildman–Crippen LogP) is -2.16. The minimum Gasteiger partial charge on any atom is -0.394 e. The van der Waals surface area contributed by atoms with Crippen molar-refractivity contribution in [2.45, 2.75) is 30.7 Å². The number of nitrogens with zero attached hydrogens (tertiary/aromatic N) is 3. The summed E-state index contributed by atoms with van der Waals surface area (Å²) in [6.45, 7) is 3.24. The molecule has 1 aromatic rings. The Hall–Kier alpha value is -1.98. The van der Waals surface area contributed by atoms with Crippen LogP contribution < -0.4 is 16.8 Å². The molecule has 8 N–H and O–H groups in total. The van der Waals surface area contributed by atoms with Crippen LogP contribution in [0.1, 0.15) is 23.9 Å². The van der Waals surface area contributed by atoms with Crippen LogP contribution in [0.4, 0.5) is 5.82 Å². The zero-order valence-electron chi connectivity index (χ0n) is 11.6. The lowest BCUT2D eigenvalue weighted by atomic mass is 10.1. The van der Waals surface area contributed by atoms with Gasteiger partial charge in [-0.3, -0.25) is 4.57 Å². The molecule has 10 heteroatoms. The third-order valence-electron chi connectivity index (χ3n) is 3.72. The number of aliphatic hydroxyl groups excluding tert-OH is 3. The number of nitrogens with one attached hydrogen (secondary N) is 1. The molecule has 120 valence electrons. The third-order valence-corrected chi connectivity index (χ3v) is 3.72. The normalized spacial score (nSPS) is 34.0. The number of nitrogens with two attached hydrogens (primary N) is 2. The average Bonchev–Trinajstić information content (AvgIpc) is 2.98. The molecule has 0 bridgehead atoms. The minimum atomic E-state index is -1.26. The van der Waals surface area contributed by atoms with Gasteiger partial charge in [0.2, 0.25) is 0 Å². The van der Waals surface area contributed by atoms with E-state index in [2.05, 4.69) is 21.9 Å². The molecule has 0 spiro atoms. The first kappa shape index (κ1) is 14.9. The second-order valence-corrected chi connectivity index (χ2v) is 5.09. The Balaban J connectivity index is 2.07. The highest BCUT2D eigenvalue weighted by atomic mass is 16.6.